The molecule has 0 aliphatic carbocycles. The van der Waals surface area contributed by atoms with E-state index in [-0.39, 0.29) is 12.2 Å². The molecule has 1 atom stereocenters. The predicted octanol–water partition coefficient (Wildman–Crippen LogP) is 5.10. The van der Waals surface area contributed by atoms with Gasteiger partial charge in [0.1, 0.15) is 5.78 Å². The zero-order valence-corrected chi connectivity index (χ0v) is 16.8. The minimum absolute atomic E-state index is 0.121. The number of Topliss-reactive ketones (excluding diaryl/α,β-unsaturated/α-hetero) is 1. The normalized spacial score (nSPS) is 12.0. The molecule has 148 valence electrons. The Hall–Kier alpha value is -1.55. The second-order valence-electron chi connectivity index (χ2n) is 7.00. The van der Waals surface area contributed by atoms with Gasteiger partial charge >= 0.3 is 0 Å². The third-order valence-corrected chi connectivity index (χ3v) is 4.74. The van der Waals surface area contributed by atoms with Crippen LogP contribution >= 0.6 is 0 Å². The molecule has 0 heterocycles. The Balaban J connectivity index is 2.21. The number of hydrogen-bond acceptors (Lipinski definition) is 4. The van der Waals surface area contributed by atoms with E-state index in [1.54, 1.807) is 14.2 Å². The molecule has 0 bridgehead atoms. The summed E-state index contributed by atoms with van der Waals surface area (Å²) < 4.78 is 10.5. The van der Waals surface area contributed by atoms with E-state index in [0.717, 1.165) is 24.8 Å². The van der Waals surface area contributed by atoms with Gasteiger partial charge in [0.2, 0.25) is 0 Å². The smallest absolute Gasteiger partial charge is 0.160 e. The van der Waals surface area contributed by atoms with Crippen LogP contribution in [0, 0.1) is 0 Å². The van der Waals surface area contributed by atoms with Crippen LogP contribution < -0.4 is 9.47 Å². The van der Waals surface area contributed by atoms with Crippen LogP contribution in [0.15, 0.2) is 18.2 Å². The van der Waals surface area contributed by atoms with E-state index in [1.807, 2.05) is 18.2 Å². The van der Waals surface area contributed by atoms with Crippen LogP contribution in [0.2, 0.25) is 0 Å². The van der Waals surface area contributed by atoms with Gasteiger partial charge in [-0.3, -0.25) is 4.79 Å². The lowest BCUT2D eigenvalue weighted by atomic mass is 10.0. The lowest BCUT2D eigenvalue weighted by Crippen LogP contribution is -2.14. The fourth-order valence-corrected chi connectivity index (χ4v) is 3.12. The molecule has 0 saturated carbocycles. The SMILES string of the molecule is CCCCCCCCC[C@H](O)CC(=O)CCc1ccc(OC)c(OC)c1. The number of methoxy groups -OCH3 is 2. The maximum absolute atomic E-state index is 12.1. The summed E-state index contributed by atoms with van der Waals surface area (Å²) in [5.74, 6) is 1.49. The van der Waals surface area contributed by atoms with E-state index in [0.29, 0.717) is 24.3 Å². The third-order valence-electron chi connectivity index (χ3n) is 4.74. The Morgan fingerprint density at radius 3 is 2.31 bits per heavy atom. The fourth-order valence-electron chi connectivity index (χ4n) is 3.12. The fraction of sp³-hybridized carbons (Fsp3) is 0.682. The highest BCUT2D eigenvalue weighted by molar-refractivity contribution is 5.79. The Morgan fingerprint density at radius 2 is 1.65 bits per heavy atom. The van der Waals surface area contributed by atoms with Crippen molar-refractivity contribution < 1.29 is 19.4 Å². The van der Waals surface area contributed by atoms with Crippen LogP contribution in [0.4, 0.5) is 0 Å². The van der Waals surface area contributed by atoms with Crippen LogP contribution in [-0.4, -0.2) is 31.2 Å². The number of ketones is 1. The second-order valence-corrected chi connectivity index (χ2v) is 7.00. The molecule has 0 fully saturated rings. The Morgan fingerprint density at radius 1 is 1.00 bits per heavy atom. The van der Waals surface area contributed by atoms with Crippen LogP contribution in [0.25, 0.3) is 0 Å². The van der Waals surface area contributed by atoms with Gasteiger partial charge in [-0.1, -0.05) is 57.9 Å². The average Bonchev–Trinajstić information content (AvgIpc) is 2.65. The number of aliphatic hydroxyl groups excluding tert-OH is 1. The van der Waals surface area contributed by atoms with Crippen LogP contribution in [0.3, 0.4) is 0 Å². The van der Waals surface area contributed by atoms with E-state index in [1.165, 1.54) is 32.1 Å². The summed E-state index contributed by atoms with van der Waals surface area (Å²) in [7, 11) is 3.21. The summed E-state index contributed by atoms with van der Waals surface area (Å²) in [4.78, 5) is 12.1. The molecule has 0 saturated heterocycles. The van der Waals surface area contributed by atoms with Crippen molar-refractivity contribution in [1.82, 2.24) is 0 Å². The number of aliphatic hydroxyl groups is 1. The van der Waals surface area contributed by atoms with Gasteiger partial charge in [-0.15, -0.1) is 0 Å². The first-order valence-corrected chi connectivity index (χ1v) is 10.0. The molecule has 0 amide bonds. The van der Waals surface area contributed by atoms with Crippen molar-refractivity contribution in [3.05, 3.63) is 23.8 Å². The molecule has 0 unspecified atom stereocenters. The van der Waals surface area contributed by atoms with Gasteiger partial charge in [0.25, 0.3) is 0 Å². The second kappa shape index (κ2) is 13.6. The molecule has 1 rings (SSSR count). The molecule has 0 aliphatic rings. The van der Waals surface area contributed by atoms with Crippen LogP contribution in [0.5, 0.6) is 11.5 Å². The summed E-state index contributed by atoms with van der Waals surface area (Å²) in [6.45, 7) is 2.22. The van der Waals surface area contributed by atoms with Crippen molar-refractivity contribution in [3.8, 4) is 11.5 Å². The number of hydrogen-bond donors (Lipinski definition) is 1. The van der Waals surface area contributed by atoms with Crippen LogP contribution in [0.1, 0.15) is 76.7 Å². The largest absolute Gasteiger partial charge is 0.493 e. The summed E-state index contributed by atoms with van der Waals surface area (Å²) >= 11 is 0. The van der Waals surface area contributed by atoms with Gasteiger partial charge in [0.05, 0.1) is 20.3 Å². The van der Waals surface area contributed by atoms with Gasteiger partial charge in [-0.05, 0) is 30.5 Å². The highest BCUT2D eigenvalue weighted by Crippen LogP contribution is 2.28. The van der Waals surface area contributed by atoms with Crippen molar-refractivity contribution in [2.24, 2.45) is 0 Å². The molecule has 26 heavy (non-hydrogen) atoms. The number of aryl methyl sites for hydroxylation is 1. The number of rotatable bonds is 15. The van der Waals surface area contributed by atoms with E-state index in [9.17, 15) is 9.90 Å². The summed E-state index contributed by atoms with van der Waals surface area (Å²) in [5.41, 5.74) is 1.04. The molecular formula is C22H36O4. The average molecular weight is 365 g/mol. The lowest BCUT2D eigenvalue weighted by molar-refractivity contribution is -0.121. The van der Waals surface area contributed by atoms with Gasteiger partial charge in [0, 0.05) is 12.8 Å². The monoisotopic (exact) mass is 364 g/mol. The molecule has 0 aromatic heterocycles. The molecule has 1 N–H and O–H groups in total. The molecule has 0 spiro atoms. The topological polar surface area (TPSA) is 55.8 Å². The Kier molecular flexibility index (Phi) is 11.8. The van der Waals surface area contributed by atoms with Crippen molar-refractivity contribution >= 4 is 5.78 Å². The summed E-state index contributed by atoms with van der Waals surface area (Å²) in [6, 6.07) is 5.71. The highest BCUT2D eigenvalue weighted by Gasteiger charge is 2.12. The molecule has 1 aromatic rings. The standard InChI is InChI=1S/C22H36O4/c1-4-5-6-7-8-9-10-11-19(23)17-20(24)14-12-18-13-15-21(25-2)22(16-18)26-3/h13,15-16,19,23H,4-12,14,17H2,1-3H3/t19-/m0/s1. The first-order valence-electron chi connectivity index (χ1n) is 10.0. The maximum atomic E-state index is 12.1. The molecule has 4 nitrogen and oxygen atoms in total. The van der Waals surface area contributed by atoms with Gasteiger partial charge in [0.15, 0.2) is 11.5 Å². The quantitative estimate of drug-likeness (QED) is 0.440. The third kappa shape index (κ3) is 9.23. The van der Waals surface area contributed by atoms with E-state index >= 15 is 0 Å². The summed E-state index contributed by atoms with van der Waals surface area (Å²) in [5, 5.41) is 10.1. The zero-order chi connectivity index (χ0) is 19.2. The Labute approximate surface area is 158 Å². The molecule has 0 radical (unpaired) electrons. The number of carbonyl (C=O) groups is 1. The Bertz CT molecular complexity index is 513. The van der Waals surface area contributed by atoms with E-state index in [4.69, 9.17) is 9.47 Å². The molecular weight excluding hydrogens is 328 g/mol. The lowest BCUT2D eigenvalue weighted by Gasteiger charge is -2.11. The minimum atomic E-state index is -0.497. The first-order chi connectivity index (χ1) is 12.6. The van der Waals surface area contributed by atoms with Gasteiger partial charge in [-0.2, -0.15) is 0 Å². The zero-order valence-electron chi connectivity index (χ0n) is 16.8. The number of benzene rings is 1. The minimum Gasteiger partial charge on any atom is -0.493 e. The van der Waals surface area contributed by atoms with Crippen molar-refractivity contribution in [2.45, 2.75) is 83.7 Å². The van der Waals surface area contributed by atoms with E-state index in [2.05, 4.69) is 6.92 Å². The highest BCUT2D eigenvalue weighted by atomic mass is 16.5. The van der Waals surface area contributed by atoms with Crippen molar-refractivity contribution in [3.63, 3.8) is 0 Å². The molecule has 4 heteroatoms. The van der Waals surface area contributed by atoms with Crippen molar-refractivity contribution in [2.75, 3.05) is 14.2 Å². The maximum Gasteiger partial charge on any atom is 0.160 e. The van der Waals surface area contributed by atoms with Gasteiger partial charge < -0.3 is 14.6 Å². The first kappa shape index (κ1) is 22.5. The number of ether oxygens (including phenoxy) is 2. The van der Waals surface area contributed by atoms with Crippen molar-refractivity contribution in [1.29, 1.82) is 0 Å². The van der Waals surface area contributed by atoms with Crippen LogP contribution in [-0.2, 0) is 11.2 Å². The predicted molar refractivity (Wildman–Crippen MR) is 106 cm³/mol. The molecule has 0 aliphatic heterocycles. The molecule has 1 aromatic carbocycles. The van der Waals surface area contributed by atoms with E-state index < -0.39 is 6.10 Å². The van der Waals surface area contributed by atoms with Gasteiger partial charge in [-0.25, -0.2) is 0 Å². The number of carbonyl (C=O) groups excluding carboxylic acids is 1. The number of unbranched alkanes of at least 4 members (excludes halogenated alkanes) is 6. The summed E-state index contributed by atoms with van der Waals surface area (Å²) in [6.07, 6.45) is 10.2.